The van der Waals surface area contributed by atoms with Crippen molar-refractivity contribution in [1.82, 2.24) is 0 Å². The van der Waals surface area contributed by atoms with Crippen molar-refractivity contribution in [3.05, 3.63) is 60.7 Å². The lowest BCUT2D eigenvalue weighted by Crippen LogP contribution is -2.67. The van der Waals surface area contributed by atoms with Gasteiger partial charge in [0.05, 0.1) is 12.2 Å². The summed E-state index contributed by atoms with van der Waals surface area (Å²) in [7, 11) is -2.62. The molecule has 4 nitrogen and oxygen atoms in total. The maximum absolute atomic E-state index is 10.9. The van der Waals surface area contributed by atoms with Crippen molar-refractivity contribution in [1.29, 1.82) is 0 Å². The molecule has 1 saturated heterocycles. The fourth-order valence-corrected chi connectivity index (χ4v) is 10.7. The van der Waals surface area contributed by atoms with Crippen LogP contribution in [-0.4, -0.2) is 44.1 Å². The van der Waals surface area contributed by atoms with Crippen LogP contribution in [0.2, 0.25) is 5.04 Å². The Morgan fingerprint density at radius 1 is 0.968 bits per heavy atom. The van der Waals surface area contributed by atoms with Crippen molar-refractivity contribution in [3.63, 3.8) is 0 Å². The van der Waals surface area contributed by atoms with Crippen LogP contribution >= 0.6 is 0 Å². The fraction of sp³-hybridized carbons (Fsp3) is 0.538. The lowest BCUT2D eigenvalue weighted by atomic mass is 10.0. The van der Waals surface area contributed by atoms with Gasteiger partial charge in [0.25, 0.3) is 8.32 Å². The summed E-state index contributed by atoms with van der Waals surface area (Å²) in [4.78, 5) is 0. The Hall–Kier alpha value is -1.50. The third kappa shape index (κ3) is 3.17. The first-order valence-corrected chi connectivity index (χ1v) is 13.3. The van der Waals surface area contributed by atoms with Gasteiger partial charge in [-0.2, -0.15) is 0 Å². The summed E-state index contributed by atoms with van der Waals surface area (Å²) in [6, 6.07) is 21.4. The van der Waals surface area contributed by atoms with Crippen LogP contribution in [0.25, 0.3) is 0 Å². The molecule has 1 heterocycles. The lowest BCUT2D eigenvalue weighted by Gasteiger charge is -2.44. The molecule has 0 spiro atoms. The van der Waals surface area contributed by atoms with E-state index < -0.39 is 20.2 Å². The molecule has 0 bridgehead atoms. The molecule has 2 saturated carbocycles. The molecular formula is C26H34O4Si. The zero-order chi connectivity index (χ0) is 22.1. The molecule has 31 heavy (non-hydrogen) atoms. The van der Waals surface area contributed by atoms with E-state index in [-0.39, 0.29) is 28.6 Å². The van der Waals surface area contributed by atoms with Crippen LogP contribution in [0.1, 0.15) is 41.0 Å². The summed E-state index contributed by atoms with van der Waals surface area (Å²) >= 11 is 0. The minimum absolute atomic E-state index is 0.0698. The van der Waals surface area contributed by atoms with Crippen molar-refractivity contribution < 1.29 is 19.0 Å². The summed E-state index contributed by atoms with van der Waals surface area (Å²) in [6.45, 7) is 11.4. The molecule has 2 aromatic carbocycles. The maximum atomic E-state index is 10.9. The van der Waals surface area contributed by atoms with Crippen LogP contribution in [0.3, 0.4) is 0 Å². The first-order valence-electron chi connectivity index (χ1n) is 11.4. The number of ether oxygens (including phenoxy) is 2. The number of rotatable bonds is 5. The van der Waals surface area contributed by atoms with E-state index >= 15 is 0 Å². The van der Waals surface area contributed by atoms with Gasteiger partial charge in [-0.25, -0.2) is 0 Å². The number of benzene rings is 2. The Morgan fingerprint density at radius 2 is 1.52 bits per heavy atom. The van der Waals surface area contributed by atoms with Gasteiger partial charge in [-0.15, -0.1) is 0 Å². The smallest absolute Gasteiger partial charge is 0.261 e. The van der Waals surface area contributed by atoms with Gasteiger partial charge in [-0.1, -0.05) is 81.4 Å². The van der Waals surface area contributed by atoms with Crippen LogP contribution in [0, 0.1) is 11.3 Å². The first kappa shape index (κ1) is 21.3. The van der Waals surface area contributed by atoms with Gasteiger partial charge < -0.3 is 19.0 Å². The number of aliphatic hydroxyl groups is 1. The largest absolute Gasteiger partial charge is 0.407 e. The quantitative estimate of drug-likeness (QED) is 0.727. The summed E-state index contributed by atoms with van der Waals surface area (Å²) in [5.74, 6) is -0.467. The van der Waals surface area contributed by atoms with E-state index in [2.05, 4.69) is 81.4 Å². The molecule has 3 fully saturated rings. The Morgan fingerprint density at radius 3 is 2.03 bits per heavy atom. The molecule has 166 valence electrons. The zero-order valence-electron chi connectivity index (χ0n) is 19.2. The third-order valence-corrected chi connectivity index (χ3v) is 12.6. The highest BCUT2D eigenvalue weighted by Gasteiger charge is 2.76. The van der Waals surface area contributed by atoms with E-state index in [1.165, 1.54) is 10.4 Å². The SMILES string of the molecule is CC1(C)O[C@H]2[C@@H](O)[C@H]3C[C@]3(CO[Si](c3ccccc3)(c3ccccc3)C(C)(C)C)[C@H]2O1. The van der Waals surface area contributed by atoms with Gasteiger partial charge in [0.2, 0.25) is 0 Å². The van der Waals surface area contributed by atoms with Gasteiger partial charge in [0, 0.05) is 12.0 Å². The number of aliphatic hydroxyl groups excluding tert-OH is 1. The fourth-order valence-electron chi connectivity index (χ4n) is 6.10. The van der Waals surface area contributed by atoms with Crippen LogP contribution in [0.4, 0.5) is 0 Å². The van der Waals surface area contributed by atoms with E-state index in [1.807, 2.05) is 13.8 Å². The molecule has 1 aliphatic heterocycles. The maximum Gasteiger partial charge on any atom is 0.261 e. The molecule has 0 aromatic heterocycles. The highest BCUT2D eigenvalue weighted by molar-refractivity contribution is 6.99. The van der Waals surface area contributed by atoms with Gasteiger partial charge in [0.15, 0.2) is 5.79 Å². The monoisotopic (exact) mass is 438 g/mol. The molecule has 1 N–H and O–H groups in total. The molecule has 3 aliphatic rings. The van der Waals surface area contributed by atoms with Crippen molar-refractivity contribution in [2.24, 2.45) is 11.3 Å². The summed E-state index contributed by atoms with van der Waals surface area (Å²) in [6.07, 6.45) is 0.0965. The number of fused-ring (bicyclic) bond motifs is 3. The molecular weight excluding hydrogens is 404 g/mol. The predicted octanol–water partition coefficient (Wildman–Crippen LogP) is 3.46. The second kappa shape index (κ2) is 7.00. The van der Waals surface area contributed by atoms with Gasteiger partial charge in [-0.05, 0) is 41.6 Å². The van der Waals surface area contributed by atoms with Crippen molar-refractivity contribution in [3.8, 4) is 0 Å². The Balaban J connectivity index is 1.54. The minimum Gasteiger partial charge on any atom is -0.407 e. The zero-order valence-corrected chi connectivity index (χ0v) is 20.2. The second-order valence-corrected chi connectivity index (χ2v) is 15.3. The average molecular weight is 439 g/mol. The highest BCUT2D eigenvalue weighted by atomic mass is 28.4. The van der Waals surface area contributed by atoms with E-state index in [1.54, 1.807) is 0 Å². The van der Waals surface area contributed by atoms with Crippen LogP contribution in [0.15, 0.2) is 60.7 Å². The van der Waals surface area contributed by atoms with Crippen LogP contribution in [-0.2, 0) is 13.9 Å². The van der Waals surface area contributed by atoms with Gasteiger partial charge in [-0.3, -0.25) is 0 Å². The topological polar surface area (TPSA) is 47.9 Å². The van der Waals surface area contributed by atoms with Crippen molar-refractivity contribution in [2.45, 2.75) is 70.2 Å². The predicted molar refractivity (Wildman–Crippen MR) is 124 cm³/mol. The minimum atomic E-state index is -2.62. The normalized spacial score (nSPS) is 33.7. The van der Waals surface area contributed by atoms with Gasteiger partial charge >= 0.3 is 0 Å². The lowest BCUT2D eigenvalue weighted by molar-refractivity contribution is -0.168. The molecule has 5 atom stereocenters. The van der Waals surface area contributed by atoms with E-state index in [4.69, 9.17) is 13.9 Å². The Labute approximate surface area is 186 Å². The Bertz CT molecular complexity index is 899. The average Bonchev–Trinajstić information content (AvgIpc) is 3.31. The van der Waals surface area contributed by atoms with E-state index in [0.717, 1.165) is 6.42 Å². The molecule has 5 rings (SSSR count). The number of hydrogen-bond acceptors (Lipinski definition) is 4. The second-order valence-electron chi connectivity index (χ2n) is 11.0. The van der Waals surface area contributed by atoms with E-state index in [9.17, 15) is 5.11 Å². The molecule has 0 amide bonds. The van der Waals surface area contributed by atoms with Crippen LogP contribution in [0.5, 0.6) is 0 Å². The standard InChI is InChI=1S/C26H34O4Si/c1-24(2,3)31(18-12-8-6-9-13-18,19-14-10-7-11-15-19)28-17-26-16-20(26)21(27)22-23(26)30-25(4,5)29-22/h6-15,20-23,27H,16-17H2,1-5H3/t20-,21+,22+,23+,26-/m1/s1. The van der Waals surface area contributed by atoms with Gasteiger partial charge in [0.1, 0.15) is 6.10 Å². The molecule has 5 heteroatoms. The first-order chi connectivity index (χ1) is 14.6. The summed E-state index contributed by atoms with van der Waals surface area (Å²) in [5, 5.41) is 13.4. The molecule has 2 aromatic rings. The summed E-state index contributed by atoms with van der Waals surface area (Å²) in [5.41, 5.74) is -0.162. The Kier molecular flexibility index (Phi) is 4.82. The van der Waals surface area contributed by atoms with Crippen molar-refractivity contribution in [2.75, 3.05) is 6.61 Å². The van der Waals surface area contributed by atoms with E-state index in [0.29, 0.717) is 6.61 Å². The molecule has 2 aliphatic carbocycles. The highest BCUT2D eigenvalue weighted by Crippen LogP contribution is 2.68. The van der Waals surface area contributed by atoms with Crippen molar-refractivity contribution >= 4 is 18.7 Å². The third-order valence-electron chi connectivity index (χ3n) is 7.60. The number of hydrogen-bond donors (Lipinski definition) is 1. The van der Waals surface area contributed by atoms with Crippen LogP contribution < -0.4 is 10.4 Å². The molecule has 0 radical (unpaired) electrons. The summed E-state index contributed by atoms with van der Waals surface area (Å²) < 4.78 is 19.6. The molecule has 0 unspecified atom stereocenters.